The topological polar surface area (TPSA) is 65.1 Å². The van der Waals surface area contributed by atoms with Crippen molar-refractivity contribution in [3.8, 4) is 0 Å². The maximum atomic E-state index is 12.8. The molecule has 3 rings (SSSR count). The molecular weight excluding hydrogens is 321 g/mol. The first-order valence-corrected chi connectivity index (χ1v) is 9.41. The van der Waals surface area contributed by atoms with Gasteiger partial charge in [0.1, 0.15) is 6.04 Å². The first-order valence-electron chi connectivity index (χ1n) is 9.41. The van der Waals surface area contributed by atoms with E-state index in [9.17, 15) is 9.59 Å². The van der Waals surface area contributed by atoms with E-state index >= 15 is 0 Å². The molecule has 3 fully saturated rings. The molecule has 0 aliphatic carbocycles. The number of piperidine rings is 1. The summed E-state index contributed by atoms with van der Waals surface area (Å²) >= 11 is 0. The van der Waals surface area contributed by atoms with Crippen LogP contribution in [0.15, 0.2) is 0 Å². The Morgan fingerprint density at radius 2 is 1.84 bits per heavy atom. The van der Waals surface area contributed by atoms with Crippen molar-refractivity contribution < 1.29 is 23.6 Å². The van der Waals surface area contributed by atoms with Crippen LogP contribution in [0.3, 0.4) is 0 Å². The van der Waals surface area contributed by atoms with Crippen LogP contribution in [-0.4, -0.2) is 53.8 Å². The quantitative estimate of drug-likeness (QED) is 0.577. The van der Waals surface area contributed by atoms with Crippen molar-refractivity contribution in [2.45, 2.75) is 89.9 Å². The highest BCUT2D eigenvalue weighted by molar-refractivity contribution is 6.48. The first kappa shape index (κ1) is 18.7. The lowest BCUT2D eigenvalue weighted by atomic mass is 9.65. The molecule has 0 aromatic carbocycles. The van der Waals surface area contributed by atoms with Gasteiger partial charge in [-0.05, 0) is 53.4 Å². The van der Waals surface area contributed by atoms with E-state index in [1.807, 2.05) is 34.6 Å². The van der Waals surface area contributed by atoms with Gasteiger partial charge < -0.3 is 18.9 Å². The van der Waals surface area contributed by atoms with Gasteiger partial charge in [0.05, 0.1) is 17.8 Å². The van der Waals surface area contributed by atoms with Gasteiger partial charge in [0.2, 0.25) is 5.91 Å². The third-order valence-corrected chi connectivity index (χ3v) is 6.36. The van der Waals surface area contributed by atoms with Gasteiger partial charge in [-0.2, -0.15) is 0 Å². The molecule has 0 saturated carbocycles. The molecule has 0 radical (unpaired) electrons. The minimum absolute atomic E-state index is 0.0124. The first-order chi connectivity index (χ1) is 11.6. The van der Waals surface area contributed by atoms with Crippen LogP contribution in [0.1, 0.15) is 60.8 Å². The minimum atomic E-state index is -0.448. The fraction of sp³-hybridized carbons (Fsp3) is 0.889. The summed E-state index contributed by atoms with van der Waals surface area (Å²) in [6.45, 7) is 12.3. The molecule has 4 unspecified atom stereocenters. The molecule has 3 aliphatic heterocycles. The second-order valence-electron chi connectivity index (χ2n) is 8.69. The van der Waals surface area contributed by atoms with Gasteiger partial charge >= 0.3 is 13.1 Å². The molecule has 7 heteroatoms. The summed E-state index contributed by atoms with van der Waals surface area (Å²) in [6, 6.07) is -0.383. The van der Waals surface area contributed by atoms with Crippen LogP contribution >= 0.6 is 0 Å². The number of esters is 1. The second-order valence-corrected chi connectivity index (χ2v) is 8.69. The van der Waals surface area contributed by atoms with E-state index in [0.29, 0.717) is 13.0 Å². The summed E-state index contributed by atoms with van der Waals surface area (Å²) in [5.41, 5.74) is -0.789. The normalized spacial score (nSPS) is 36.5. The average molecular weight is 351 g/mol. The Hall–Kier alpha value is -1.08. The van der Waals surface area contributed by atoms with Gasteiger partial charge in [-0.1, -0.05) is 6.92 Å². The Labute approximate surface area is 150 Å². The lowest BCUT2D eigenvalue weighted by molar-refractivity contribution is -0.156. The van der Waals surface area contributed by atoms with Gasteiger partial charge in [-0.15, -0.1) is 0 Å². The molecule has 1 amide bonds. The molecule has 3 heterocycles. The summed E-state index contributed by atoms with van der Waals surface area (Å²) < 4.78 is 17.5. The van der Waals surface area contributed by atoms with E-state index in [0.717, 1.165) is 12.8 Å². The van der Waals surface area contributed by atoms with Crippen LogP contribution in [0.25, 0.3) is 0 Å². The smallest absolute Gasteiger partial charge is 0.461 e. The molecule has 0 aromatic heterocycles. The van der Waals surface area contributed by atoms with Crippen LogP contribution < -0.4 is 0 Å². The minimum Gasteiger partial charge on any atom is -0.464 e. The van der Waals surface area contributed by atoms with Gasteiger partial charge in [0.15, 0.2) is 0 Å². The Balaban J connectivity index is 1.74. The number of rotatable bonds is 3. The highest BCUT2D eigenvalue weighted by atomic mass is 16.7. The summed E-state index contributed by atoms with van der Waals surface area (Å²) in [5, 5.41) is 0. The largest absolute Gasteiger partial charge is 0.464 e. The van der Waals surface area contributed by atoms with Crippen molar-refractivity contribution in [1.82, 2.24) is 4.90 Å². The standard InChI is InChI=1S/C18H30BNO5/c1-7-23-16(22)15-11(2)8-13-9-12(10-14(21)20(13)15)19-24-17(3,4)18(5,6)25-19/h11-13,15H,7-10H2,1-6H3. The van der Waals surface area contributed by atoms with Crippen molar-refractivity contribution >= 4 is 19.0 Å². The van der Waals surface area contributed by atoms with E-state index in [-0.39, 0.29) is 36.8 Å². The maximum absolute atomic E-state index is 12.8. The summed E-state index contributed by atoms with van der Waals surface area (Å²) in [5.74, 6) is -0.119. The fourth-order valence-electron chi connectivity index (χ4n) is 4.37. The summed E-state index contributed by atoms with van der Waals surface area (Å²) in [7, 11) is -0.368. The molecule has 25 heavy (non-hydrogen) atoms. The molecule has 140 valence electrons. The number of ether oxygens (including phenoxy) is 1. The Morgan fingerprint density at radius 1 is 1.24 bits per heavy atom. The summed E-state index contributed by atoms with van der Waals surface area (Å²) in [4.78, 5) is 26.9. The monoisotopic (exact) mass is 351 g/mol. The maximum Gasteiger partial charge on any atom is 0.461 e. The number of nitrogens with zero attached hydrogens (tertiary/aromatic N) is 1. The van der Waals surface area contributed by atoms with Crippen molar-refractivity contribution in [2.75, 3.05) is 6.61 Å². The van der Waals surface area contributed by atoms with E-state index in [4.69, 9.17) is 14.0 Å². The molecule has 3 saturated heterocycles. The number of fused-ring (bicyclic) bond motifs is 1. The van der Waals surface area contributed by atoms with Crippen molar-refractivity contribution in [3.05, 3.63) is 0 Å². The highest BCUT2D eigenvalue weighted by Crippen LogP contribution is 2.47. The number of hydrogen-bond acceptors (Lipinski definition) is 5. The van der Waals surface area contributed by atoms with Crippen LogP contribution in [0.4, 0.5) is 0 Å². The lowest BCUT2D eigenvalue weighted by Crippen LogP contribution is -2.51. The molecule has 3 aliphatic rings. The van der Waals surface area contributed by atoms with Gasteiger partial charge in [0, 0.05) is 18.3 Å². The van der Waals surface area contributed by atoms with E-state index < -0.39 is 17.2 Å². The molecule has 4 atom stereocenters. The number of amides is 1. The van der Waals surface area contributed by atoms with Crippen LogP contribution in [0, 0.1) is 5.92 Å². The molecule has 0 spiro atoms. The van der Waals surface area contributed by atoms with Gasteiger partial charge in [-0.25, -0.2) is 4.79 Å². The zero-order valence-corrected chi connectivity index (χ0v) is 16.2. The Kier molecular flexibility index (Phi) is 4.69. The van der Waals surface area contributed by atoms with E-state index in [1.54, 1.807) is 11.8 Å². The molecule has 0 N–H and O–H groups in total. The third kappa shape index (κ3) is 3.10. The zero-order valence-electron chi connectivity index (χ0n) is 16.2. The van der Waals surface area contributed by atoms with Gasteiger partial charge in [-0.3, -0.25) is 4.79 Å². The van der Waals surface area contributed by atoms with E-state index in [1.165, 1.54) is 0 Å². The third-order valence-electron chi connectivity index (χ3n) is 6.36. The van der Waals surface area contributed by atoms with Crippen molar-refractivity contribution in [3.63, 3.8) is 0 Å². The number of carbonyl (C=O) groups is 2. The van der Waals surface area contributed by atoms with Crippen LogP contribution in [0.5, 0.6) is 0 Å². The molecule has 0 aromatic rings. The number of hydrogen-bond donors (Lipinski definition) is 0. The zero-order chi connectivity index (χ0) is 18.6. The SMILES string of the molecule is CCOC(=O)C1C(C)CC2CC(B3OC(C)(C)C(C)(C)O3)CC(=O)N21. The van der Waals surface area contributed by atoms with Gasteiger partial charge in [0.25, 0.3) is 0 Å². The average Bonchev–Trinajstić information content (AvgIpc) is 2.92. The lowest BCUT2D eigenvalue weighted by Gasteiger charge is -2.37. The molecule has 0 bridgehead atoms. The predicted molar refractivity (Wildman–Crippen MR) is 93.9 cm³/mol. The Morgan fingerprint density at radius 3 is 2.40 bits per heavy atom. The van der Waals surface area contributed by atoms with E-state index in [2.05, 4.69) is 0 Å². The fourth-order valence-corrected chi connectivity index (χ4v) is 4.37. The predicted octanol–water partition coefficient (Wildman–Crippen LogP) is 2.41. The van der Waals surface area contributed by atoms with Crippen molar-refractivity contribution in [1.29, 1.82) is 0 Å². The Bertz CT molecular complexity index is 548. The van der Waals surface area contributed by atoms with Crippen LogP contribution in [-0.2, 0) is 23.6 Å². The highest BCUT2D eigenvalue weighted by Gasteiger charge is 2.57. The number of carbonyl (C=O) groups excluding carboxylic acids is 2. The van der Waals surface area contributed by atoms with Crippen molar-refractivity contribution in [2.24, 2.45) is 5.92 Å². The molecule has 6 nitrogen and oxygen atoms in total. The second kappa shape index (κ2) is 6.27. The molecular formula is C18H30BNO5. The van der Waals surface area contributed by atoms with Crippen LogP contribution in [0.2, 0.25) is 5.82 Å². The summed E-state index contributed by atoms with van der Waals surface area (Å²) in [6.07, 6.45) is 1.99.